The molecule has 3 N–H and O–H groups in total. The number of carbonyl (C=O) groups is 1. The highest BCUT2D eigenvalue weighted by molar-refractivity contribution is 5.77. The number of nitrogens with zero attached hydrogens (tertiary/aromatic N) is 3. The highest BCUT2D eigenvalue weighted by Gasteiger charge is 2.24. The van der Waals surface area contributed by atoms with Crippen LogP contribution in [0.3, 0.4) is 0 Å². The molecular formula is C22H25N5O. The number of rotatable bonds is 5. The van der Waals surface area contributed by atoms with Crippen molar-refractivity contribution < 1.29 is 4.79 Å². The second kappa shape index (κ2) is 8.27. The normalized spacial score (nSPS) is 16.9. The summed E-state index contributed by atoms with van der Waals surface area (Å²) in [5.74, 6) is 0.553. The average molecular weight is 375 g/mol. The first-order valence-electron chi connectivity index (χ1n) is 9.63. The second-order valence-corrected chi connectivity index (χ2v) is 7.16. The number of benzene rings is 2. The Morgan fingerprint density at radius 1 is 1.11 bits per heavy atom. The summed E-state index contributed by atoms with van der Waals surface area (Å²) in [6, 6.07) is 22.3. The van der Waals surface area contributed by atoms with Gasteiger partial charge < -0.3 is 16.0 Å². The number of hydrogen-bond acceptors (Lipinski definition) is 4. The van der Waals surface area contributed by atoms with Crippen molar-refractivity contribution >= 4 is 11.7 Å². The van der Waals surface area contributed by atoms with Crippen molar-refractivity contribution in [3.05, 3.63) is 72.3 Å². The number of nitrogens with two attached hydrogens (primary N) is 1. The predicted octanol–water partition coefficient (Wildman–Crippen LogP) is 2.18. The van der Waals surface area contributed by atoms with Gasteiger partial charge in [0.05, 0.1) is 5.69 Å². The molecular weight excluding hydrogens is 350 g/mol. The zero-order valence-electron chi connectivity index (χ0n) is 15.8. The van der Waals surface area contributed by atoms with E-state index in [1.165, 1.54) is 5.56 Å². The Balaban J connectivity index is 1.40. The van der Waals surface area contributed by atoms with Crippen LogP contribution in [0.25, 0.3) is 11.3 Å². The van der Waals surface area contributed by atoms with E-state index in [2.05, 4.69) is 22.5 Å². The third-order valence-corrected chi connectivity index (χ3v) is 5.10. The summed E-state index contributed by atoms with van der Waals surface area (Å²) < 4.78 is 1.60. The molecule has 1 aliphatic heterocycles. The van der Waals surface area contributed by atoms with Crippen LogP contribution in [0, 0.1) is 0 Å². The standard InChI is InChI=1S/C22H25N5O/c23-21-14-20(18-9-5-2-6-10-18)25-27(21)16-22(28)26-12-11-24-19(15-26)13-17-7-3-1-4-8-17/h1-10,14,19,24H,11-13,15-16,23H2. The molecule has 2 heterocycles. The van der Waals surface area contributed by atoms with Crippen molar-refractivity contribution in [3.63, 3.8) is 0 Å². The van der Waals surface area contributed by atoms with Gasteiger partial charge in [-0.25, -0.2) is 4.68 Å². The minimum absolute atomic E-state index is 0.0500. The van der Waals surface area contributed by atoms with Crippen LogP contribution < -0.4 is 11.1 Å². The highest BCUT2D eigenvalue weighted by atomic mass is 16.2. The van der Waals surface area contributed by atoms with E-state index in [9.17, 15) is 4.79 Å². The number of carbonyl (C=O) groups excluding carboxylic acids is 1. The number of anilines is 1. The van der Waals surface area contributed by atoms with E-state index in [1.807, 2.05) is 59.5 Å². The van der Waals surface area contributed by atoms with E-state index in [-0.39, 0.29) is 18.5 Å². The van der Waals surface area contributed by atoms with Crippen molar-refractivity contribution in [2.24, 2.45) is 0 Å². The predicted molar refractivity (Wildman–Crippen MR) is 111 cm³/mol. The number of piperazine rings is 1. The van der Waals surface area contributed by atoms with Crippen LogP contribution in [0.15, 0.2) is 66.7 Å². The molecule has 0 radical (unpaired) electrons. The van der Waals surface area contributed by atoms with Gasteiger partial charge in [-0.05, 0) is 12.0 Å². The molecule has 3 aromatic rings. The summed E-state index contributed by atoms with van der Waals surface area (Å²) in [5, 5.41) is 8.04. The third kappa shape index (κ3) is 4.23. The largest absolute Gasteiger partial charge is 0.384 e. The molecule has 144 valence electrons. The average Bonchev–Trinajstić information content (AvgIpc) is 3.10. The number of nitrogens with one attached hydrogen (secondary N) is 1. The molecule has 1 unspecified atom stereocenters. The van der Waals surface area contributed by atoms with Gasteiger partial charge in [-0.15, -0.1) is 0 Å². The number of amides is 1. The zero-order valence-corrected chi connectivity index (χ0v) is 15.8. The second-order valence-electron chi connectivity index (χ2n) is 7.16. The molecule has 0 bridgehead atoms. The fourth-order valence-corrected chi connectivity index (χ4v) is 3.62. The molecule has 1 amide bonds. The SMILES string of the molecule is Nc1cc(-c2ccccc2)nn1CC(=O)N1CCNC(Cc2ccccc2)C1. The van der Waals surface area contributed by atoms with Crippen LogP contribution >= 0.6 is 0 Å². The van der Waals surface area contributed by atoms with E-state index < -0.39 is 0 Å². The first-order valence-corrected chi connectivity index (χ1v) is 9.63. The van der Waals surface area contributed by atoms with Crippen molar-refractivity contribution in [1.29, 1.82) is 0 Å². The quantitative estimate of drug-likeness (QED) is 0.717. The van der Waals surface area contributed by atoms with Crippen LogP contribution in [-0.2, 0) is 17.8 Å². The summed E-state index contributed by atoms with van der Waals surface area (Å²) in [6.07, 6.45) is 0.909. The minimum Gasteiger partial charge on any atom is -0.384 e. The van der Waals surface area contributed by atoms with Crippen LogP contribution in [0.2, 0.25) is 0 Å². The topological polar surface area (TPSA) is 76.2 Å². The van der Waals surface area contributed by atoms with Crippen molar-refractivity contribution in [1.82, 2.24) is 20.0 Å². The van der Waals surface area contributed by atoms with Gasteiger partial charge in [0, 0.05) is 37.3 Å². The van der Waals surface area contributed by atoms with Gasteiger partial charge in [-0.3, -0.25) is 4.79 Å². The molecule has 1 saturated heterocycles. The van der Waals surface area contributed by atoms with Crippen molar-refractivity contribution in [2.45, 2.75) is 19.0 Å². The lowest BCUT2D eigenvalue weighted by atomic mass is 10.0. The molecule has 1 atom stereocenters. The highest BCUT2D eigenvalue weighted by Crippen LogP contribution is 2.20. The van der Waals surface area contributed by atoms with E-state index in [0.717, 1.165) is 24.2 Å². The van der Waals surface area contributed by atoms with Gasteiger partial charge in [0.2, 0.25) is 5.91 Å². The van der Waals surface area contributed by atoms with Crippen LogP contribution in [-0.4, -0.2) is 46.3 Å². The van der Waals surface area contributed by atoms with E-state index >= 15 is 0 Å². The lowest BCUT2D eigenvalue weighted by Gasteiger charge is -2.34. The first kappa shape index (κ1) is 18.3. The van der Waals surface area contributed by atoms with Gasteiger partial charge in [0.1, 0.15) is 12.4 Å². The molecule has 1 fully saturated rings. The Labute approximate surface area is 165 Å². The molecule has 4 rings (SSSR count). The van der Waals surface area contributed by atoms with E-state index in [0.29, 0.717) is 18.9 Å². The minimum atomic E-state index is 0.0500. The first-order chi connectivity index (χ1) is 13.7. The number of nitrogen functional groups attached to an aromatic ring is 1. The Morgan fingerprint density at radius 2 is 1.82 bits per heavy atom. The molecule has 28 heavy (non-hydrogen) atoms. The fourth-order valence-electron chi connectivity index (χ4n) is 3.62. The van der Waals surface area contributed by atoms with Crippen LogP contribution in [0.1, 0.15) is 5.56 Å². The maximum absolute atomic E-state index is 12.8. The summed E-state index contributed by atoms with van der Waals surface area (Å²) in [7, 11) is 0. The molecule has 1 aliphatic rings. The number of hydrogen-bond donors (Lipinski definition) is 2. The molecule has 0 aliphatic carbocycles. The Hall–Kier alpha value is -3.12. The summed E-state index contributed by atoms with van der Waals surface area (Å²) in [5.41, 5.74) is 9.16. The smallest absolute Gasteiger partial charge is 0.244 e. The third-order valence-electron chi connectivity index (χ3n) is 5.10. The van der Waals surface area contributed by atoms with Gasteiger partial charge in [-0.2, -0.15) is 5.10 Å². The lowest BCUT2D eigenvalue weighted by Crippen LogP contribution is -2.54. The molecule has 1 aromatic heterocycles. The van der Waals surface area contributed by atoms with E-state index in [1.54, 1.807) is 4.68 Å². The van der Waals surface area contributed by atoms with Gasteiger partial charge in [-0.1, -0.05) is 60.7 Å². The molecule has 6 nitrogen and oxygen atoms in total. The molecule has 2 aromatic carbocycles. The Bertz CT molecular complexity index is 923. The maximum atomic E-state index is 12.8. The summed E-state index contributed by atoms with van der Waals surface area (Å²) in [6.45, 7) is 2.36. The molecule has 0 saturated carbocycles. The summed E-state index contributed by atoms with van der Waals surface area (Å²) in [4.78, 5) is 14.8. The monoisotopic (exact) mass is 375 g/mol. The lowest BCUT2D eigenvalue weighted by molar-refractivity contribution is -0.133. The Morgan fingerprint density at radius 3 is 2.57 bits per heavy atom. The van der Waals surface area contributed by atoms with Gasteiger partial charge in [0.15, 0.2) is 0 Å². The summed E-state index contributed by atoms with van der Waals surface area (Å²) >= 11 is 0. The molecule has 6 heteroatoms. The Kier molecular flexibility index (Phi) is 5.39. The molecule has 0 spiro atoms. The van der Waals surface area contributed by atoms with Crippen molar-refractivity contribution in [2.75, 3.05) is 25.4 Å². The van der Waals surface area contributed by atoms with Crippen LogP contribution in [0.5, 0.6) is 0 Å². The van der Waals surface area contributed by atoms with Gasteiger partial charge >= 0.3 is 0 Å². The van der Waals surface area contributed by atoms with E-state index in [4.69, 9.17) is 5.73 Å². The van der Waals surface area contributed by atoms with Gasteiger partial charge in [0.25, 0.3) is 0 Å². The van der Waals surface area contributed by atoms with Crippen molar-refractivity contribution in [3.8, 4) is 11.3 Å². The maximum Gasteiger partial charge on any atom is 0.244 e. The van der Waals surface area contributed by atoms with Crippen LogP contribution in [0.4, 0.5) is 5.82 Å². The zero-order chi connectivity index (χ0) is 19.3. The number of aromatic nitrogens is 2. The fraction of sp³-hybridized carbons (Fsp3) is 0.273.